The SMILES string of the molecule is Cc1ccc(NC(=O)Cn2c(O)c(C=C3C=Nc4ccc(Br)cc43)sc2=O)c(C)c1. The number of hydrogen-bond donors (Lipinski definition) is 2. The standard InChI is InChI=1S/C22H18BrN3O3S/c1-12-3-5-17(13(2)7-12)25-20(27)11-26-21(28)19(30-22(26)29)8-14-10-24-18-6-4-15(23)9-16(14)18/h3-10,28H,11H2,1-2H3,(H,25,27). The summed E-state index contributed by atoms with van der Waals surface area (Å²) in [6.45, 7) is 3.61. The van der Waals surface area contributed by atoms with Gasteiger partial charge >= 0.3 is 4.87 Å². The van der Waals surface area contributed by atoms with E-state index in [9.17, 15) is 14.7 Å². The first-order chi connectivity index (χ1) is 14.3. The first-order valence-corrected chi connectivity index (χ1v) is 10.8. The Hall–Kier alpha value is -2.97. The van der Waals surface area contributed by atoms with E-state index in [0.717, 1.165) is 48.3 Å². The summed E-state index contributed by atoms with van der Waals surface area (Å²) in [5.74, 6) is -0.613. The molecule has 8 heteroatoms. The molecule has 0 radical (unpaired) electrons. The molecule has 0 saturated heterocycles. The molecule has 1 aromatic heterocycles. The largest absolute Gasteiger partial charge is 0.493 e. The highest BCUT2D eigenvalue weighted by Gasteiger charge is 2.18. The number of nitrogens with zero attached hydrogens (tertiary/aromatic N) is 2. The number of carbonyl (C=O) groups excluding carboxylic acids is 1. The minimum absolute atomic E-state index is 0.231. The van der Waals surface area contributed by atoms with Crippen LogP contribution in [0.2, 0.25) is 0 Å². The fraction of sp³-hybridized carbons (Fsp3) is 0.136. The highest BCUT2D eigenvalue weighted by atomic mass is 79.9. The zero-order valence-corrected chi connectivity index (χ0v) is 18.7. The Kier molecular flexibility index (Phi) is 5.44. The molecule has 6 nitrogen and oxygen atoms in total. The Balaban J connectivity index is 1.58. The lowest BCUT2D eigenvalue weighted by atomic mass is 10.1. The molecule has 1 amide bonds. The quantitative estimate of drug-likeness (QED) is 0.553. The number of amides is 1. The number of aliphatic imine (C=N–C) groups is 1. The van der Waals surface area contributed by atoms with Crippen molar-refractivity contribution in [1.82, 2.24) is 4.57 Å². The van der Waals surface area contributed by atoms with E-state index in [4.69, 9.17) is 0 Å². The van der Waals surface area contributed by atoms with Crippen LogP contribution in [-0.2, 0) is 11.3 Å². The Morgan fingerprint density at radius 1 is 1.27 bits per heavy atom. The van der Waals surface area contributed by atoms with Crippen molar-refractivity contribution in [3.05, 3.63) is 72.1 Å². The summed E-state index contributed by atoms with van der Waals surface area (Å²) in [5.41, 5.74) is 5.22. The second-order valence-electron chi connectivity index (χ2n) is 7.03. The lowest BCUT2D eigenvalue weighted by molar-refractivity contribution is -0.116. The number of nitrogens with one attached hydrogen (secondary N) is 1. The van der Waals surface area contributed by atoms with Crippen molar-refractivity contribution in [1.29, 1.82) is 0 Å². The molecule has 0 atom stereocenters. The van der Waals surface area contributed by atoms with Gasteiger partial charge in [-0.1, -0.05) is 45.0 Å². The molecule has 0 aliphatic carbocycles. The number of benzene rings is 2. The number of aromatic hydroxyl groups is 1. The van der Waals surface area contributed by atoms with Crippen LogP contribution >= 0.6 is 27.3 Å². The van der Waals surface area contributed by atoms with E-state index in [1.54, 1.807) is 12.3 Å². The molecule has 1 aliphatic heterocycles. The summed E-state index contributed by atoms with van der Waals surface area (Å²) in [4.78, 5) is 29.2. The fourth-order valence-corrected chi connectivity index (χ4v) is 4.45. The van der Waals surface area contributed by atoms with Crippen LogP contribution in [0, 0.1) is 13.8 Å². The molecule has 0 bridgehead atoms. The third kappa shape index (κ3) is 4.01. The average Bonchev–Trinajstić information content (AvgIpc) is 3.20. The van der Waals surface area contributed by atoms with E-state index in [-0.39, 0.29) is 18.3 Å². The van der Waals surface area contributed by atoms with Gasteiger partial charge in [0, 0.05) is 27.5 Å². The first-order valence-electron chi connectivity index (χ1n) is 9.17. The molecular formula is C22H18BrN3O3S. The van der Waals surface area contributed by atoms with Crippen molar-refractivity contribution in [3.63, 3.8) is 0 Å². The molecular weight excluding hydrogens is 466 g/mol. The minimum atomic E-state index is -0.403. The number of fused-ring (bicyclic) bond motifs is 1. The van der Waals surface area contributed by atoms with Gasteiger partial charge in [-0.15, -0.1) is 0 Å². The zero-order chi connectivity index (χ0) is 21.4. The predicted octanol–water partition coefficient (Wildman–Crippen LogP) is 4.89. The number of aryl methyl sites for hydroxylation is 2. The highest BCUT2D eigenvalue weighted by molar-refractivity contribution is 9.10. The molecule has 0 saturated carbocycles. The number of halogens is 1. The van der Waals surface area contributed by atoms with E-state index in [2.05, 4.69) is 26.2 Å². The Bertz CT molecular complexity index is 1290. The zero-order valence-electron chi connectivity index (χ0n) is 16.3. The summed E-state index contributed by atoms with van der Waals surface area (Å²) < 4.78 is 1.99. The summed E-state index contributed by atoms with van der Waals surface area (Å²) >= 11 is 4.33. The van der Waals surface area contributed by atoms with Crippen LogP contribution in [0.15, 0.2) is 50.7 Å². The van der Waals surface area contributed by atoms with Crippen LogP contribution in [0.25, 0.3) is 11.6 Å². The predicted molar refractivity (Wildman–Crippen MR) is 125 cm³/mol. The molecule has 152 valence electrons. The van der Waals surface area contributed by atoms with Crippen molar-refractivity contribution in [2.45, 2.75) is 20.4 Å². The molecule has 0 unspecified atom stereocenters. The molecule has 0 spiro atoms. The maximum Gasteiger partial charge on any atom is 0.311 e. The smallest absolute Gasteiger partial charge is 0.311 e. The Morgan fingerprint density at radius 2 is 2.07 bits per heavy atom. The van der Waals surface area contributed by atoms with Gasteiger partial charge in [-0.2, -0.15) is 0 Å². The fourth-order valence-electron chi connectivity index (χ4n) is 3.25. The highest BCUT2D eigenvalue weighted by Crippen LogP contribution is 2.36. The summed E-state index contributed by atoms with van der Waals surface area (Å²) in [6, 6.07) is 11.4. The summed E-state index contributed by atoms with van der Waals surface area (Å²) in [7, 11) is 0. The molecule has 2 heterocycles. The molecule has 0 fully saturated rings. The number of allylic oxidation sites excluding steroid dienone is 1. The van der Waals surface area contributed by atoms with Crippen LogP contribution in [-0.4, -0.2) is 21.8 Å². The lowest BCUT2D eigenvalue weighted by Gasteiger charge is -2.09. The van der Waals surface area contributed by atoms with E-state index >= 15 is 0 Å². The second-order valence-corrected chi connectivity index (χ2v) is 8.94. The third-order valence-electron chi connectivity index (χ3n) is 4.75. The Morgan fingerprint density at radius 3 is 2.83 bits per heavy atom. The molecule has 3 aromatic rings. The van der Waals surface area contributed by atoms with Crippen LogP contribution in [0.5, 0.6) is 5.88 Å². The van der Waals surface area contributed by atoms with Gasteiger partial charge in [0.2, 0.25) is 11.8 Å². The summed E-state index contributed by atoms with van der Waals surface area (Å²) in [6.07, 6.45) is 3.40. The molecule has 30 heavy (non-hydrogen) atoms. The van der Waals surface area contributed by atoms with Crippen molar-refractivity contribution < 1.29 is 9.90 Å². The third-order valence-corrected chi connectivity index (χ3v) is 6.16. The molecule has 1 aliphatic rings. The van der Waals surface area contributed by atoms with Gasteiger partial charge in [0.05, 0.1) is 10.6 Å². The maximum atomic E-state index is 12.5. The average molecular weight is 484 g/mol. The number of anilines is 1. The normalized spacial score (nSPS) is 13.6. The van der Waals surface area contributed by atoms with Gasteiger partial charge in [-0.3, -0.25) is 19.1 Å². The van der Waals surface area contributed by atoms with Crippen LogP contribution in [0.3, 0.4) is 0 Å². The van der Waals surface area contributed by atoms with Crippen LogP contribution in [0.1, 0.15) is 21.6 Å². The lowest BCUT2D eigenvalue weighted by Crippen LogP contribution is -2.24. The van der Waals surface area contributed by atoms with Crippen molar-refractivity contribution in [2.24, 2.45) is 4.99 Å². The number of hydrogen-bond acceptors (Lipinski definition) is 5. The van der Waals surface area contributed by atoms with E-state index in [1.165, 1.54) is 0 Å². The topological polar surface area (TPSA) is 83.7 Å². The van der Waals surface area contributed by atoms with E-state index < -0.39 is 4.87 Å². The van der Waals surface area contributed by atoms with Crippen molar-refractivity contribution in [3.8, 4) is 5.88 Å². The van der Waals surface area contributed by atoms with Gasteiger partial charge < -0.3 is 10.4 Å². The number of rotatable bonds is 4. The molecule has 2 aromatic carbocycles. The summed E-state index contributed by atoms with van der Waals surface area (Å²) in [5, 5.41) is 13.4. The minimum Gasteiger partial charge on any atom is -0.493 e. The number of aromatic nitrogens is 1. The van der Waals surface area contributed by atoms with Gasteiger partial charge in [0.25, 0.3) is 0 Å². The molecule has 2 N–H and O–H groups in total. The number of thiazole rings is 1. The maximum absolute atomic E-state index is 12.5. The number of carbonyl (C=O) groups is 1. The van der Waals surface area contributed by atoms with Gasteiger partial charge in [-0.25, -0.2) is 0 Å². The van der Waals surface area contributed by atoms with Crippen molar-refractivity contribution >= 4 is 62.4 Å². The van der Waals surface area contributed by atoms with Crippen LogP contribution in [0.4, 0.5) is 11.4 Å². The molecule has 4 rings (SSSR count). The first kappa shape index (κ1) is 20.3. The van der Waals surface area contributed by atoms with E-state index in [1.807, 2.05) is 50.2 Å². The van der Waals surface area contributed by atoms with Gasteiger partial charge in [0.15, 0.2) is 0 Å². The monoisotopic (exact) mass is 483 g/mol. The van der Waals surface area contributed by atoms with E-state index in [0.29, 0.717) is 10.6 Å². The second kappa shape index (κ2) is 8.04. The van der Waals surface area contributed by atoms with Gasteiger partial charge in [0.1, 0.15) is 6.54 Å². The van der Waals surface area contributed by atoms with Crippen LogP contribution < -0.4 is 10.2 Å². The Labute approximate surface area is 185 Å². The van der Waals surface area contributed by atoms with Gasteiger partial charge in [-0.05, 0) is 49.8 Å². The van der Waals surface area contributed by atoms with Crippen molar-refractivity contribution in [2.75, 3.05) is 5.32 Å².